The second-order valence-corrected chi connectivity index (χ2v) is 7.98. The molecule has 1 rings (SSSR count). The van der Waals surface area contributed by atoms with E-state index in [1.807, 2.05) is 0 Å². The van der Waals surface area contributed by atoms with E-state index in [1.165, 1.54) is 0 Å². The molecule has 5 nitrogen and oxygen atoms in total. The molecule has 37 heavy (non-hydrogen) atoms. The fraction of sp³-hybridized carbons (Fsp3) is 0.632. The first-order chi connectivity index (χ1) is 16.4. The number of aryl methyl sites for hydroxylation is 1. The summed E-state index contributed by atoms with van der Waals surface area (Å²) >= 11 is 0. The number of halogens is 13. The van der Waals surface area contributed by atoms with E-state index >= 15 is 0 Å². The third-order valence-corrected chi connectivity index (χ3v) is 5.45. The van der Waals surface area contributed by atoms with Gasteiger partial charge in [-0.15, -0.1) is 0 Å². The number of carboxylic acids is 1. The number of benzene rings is 1. The van der Waals surface area contributed by atoms with Crippen LogP contribution in [0.15, 0.2) is 24.3 Å². The van der Waals surface area contributed by atoms with Gasteiger partial charge in [-0.05, 0) is 24.8 Å². The maximum atomic E-state index is 14.2. The lowest BCUT2D eigenvalue weighted by atomic mass is 9.89. The van der Waals surface area contributed by atoms with E-state index in [0.29, 0.717) is 12.1 Å². The molecule has 0 aliphatic carbocycles. The van der Waals surface area contributed by atoms with E-state index in [-0.39, 0.29) is 30.5 Å². The van der Waals surface area contributed by atoms with Crippen molar-refractivity contribution in [3.63, 3.8) is 0 Å². The molecule has 0 aliphatic rings. The molecular formula is C19H18F13NO4. The lowest BCUT2D eigenvalue weighted by Gasteiger charge is -2.39. The number of hydrogen-bond acceptors (Lipinski definition) is 4. The highest BCUT2D eigenvalue weighted by molar-refractivity contribution is 5.79. The number of carbonyl (C=O) groups is 1. The third-order valence-electron chi connectivity index (χ3n) is 5.45. The van der Waals surface area contributed by atoms with Crippen LogP contribution in [0.1, 0.15) is 24.0 Å². The van der Waals surface area contributed by atoms with Gasteiger partial charge in [-0.2, -0.15) is 57.1 Å². The Kier molecular flexibility index (Phi) is 8.91. The molecule has 214 valence electrons. The van der Waals surface area contributed by atoms with E-state index in [0.717, 1.165) is 0 Å². The Morgan fingerprint density at radius 1 is 0.784 bits per heavy atom. The van der Waals surface area contributed by atoms with Crippen LogP contribution in [-0.4, -0.2) is 69.4 Å². The van der Waals surface area contributed by atoms with Crippen molar-refractivity contribution in [3.8, 4) is 0 Å². The minimum atomic E-state index is -7.99. The van der Waals surface area contributed by atoms with Crippen LogP contribution in [0.25, 0.3) is 0 Å². The van der Waals surface area contributed by atoms with Crippen LogP contribution < -0.4 is 5.73 Å². The highest BCUT2D eigenvalue weighted by Gasteiger charge is 2.90. The van der Waals surface area contributed by atoms with Crippen LogP contribution in [0.2, 0.25) is 0 Å². The fourth-order valence-corrected chi connectivity index (χ4v) is 2.90. The van der Waals surface area contributed by atoms with Gasteiger partial charge in [0.15, 0.2) is 5.54 Å². The van der Waals surface area contributed by atoms with Gasteiger partial charge in [-0.3, -0.25) is 4.79 Å². The Hall–Kier alpha value is -2.34. The molecule has 1 aromatic rings. The van der Waals surface area contributed by atoms with Crippen molar-refractivity contribution in [2.75, 3.05) is 6.61 Å². The van der Waals surface area contributed by atoms with E-state index in [4.69, 9.17) is 15.9 Å². The number of aliphatic hydroxyl groups excluding tert-OH is 2. The number of rotatable bonds is 12. The number of aliphatic carboxylic acids is 1. The Morgan fingerprint density at radius 2 is 1.22 bits per heavy atom. The Balaban J connectivity index is 3.16. The predicted octanol–water partition coefficient (Wildman–Crippen LogP) is 4.34. The molecule has 0 spiro atoms. The number of hydrogen-bond donors (Lipinski definition) is 4. The van der Waals surface area contributed by atoms with Crippen molar-refractivity contribution in [2.45, 2.75) is 66.7 Å². The lowest BCUT2D eigenvalue weighted by molar-refractivity contribution is -0.441. The van der Waals surface area contributed by atoms with Gasteiger partial charge in [0.2, 0.25) is 0 Å². The molecule has 2 atom stereocenters. The normalized spacial score (nSPS) is 16.9. The highest BCUT2D eigenvalue weighted by atomic mass is 19.4. The molecule has 0 aromatic heterocycles. The molecule has 18 heteroatoms. The van der Waals surface area contributed by atoms with Crippen molar-refractivity contribution >= 4 is 5.97 Å². The zero-order valence-corrected chi connectivity index (χ0v) is 18.0. The Labute approximate surface area is 198 Å². The first-order valence-electron chi connectivity index (χ1n) is 9.72. The third kappa shape index (κ3) is 5.32. The van der Waals surface area contributed by atoms with Gasteiger partial charge in [0.25, 0.3) is 0 Å². The topological polar surface area (TPSA) is 104 Å². The number of aliphatic hydroxyl groups is 2. The number of carboxylic acid groups (broad SMARTS) is 1. The van der Waals surface area contributed by atoms with Crippen molar-refractivity contribution in [2.24, 2.45) is 5.73 Å². The molecule has 0 saturated carbocycles. The summed E-state index contributed by atoms with van der Waals surface area (Å²) in [7, 11) is 0. The Morgan fingerprint density at radius 3 is 1.59 bits per heavy atom. The van der Waals surface area contributed by atoms with Crippen molar-refractivity contribution < 1.29 is 77.2 Å². The van der Waals surface area contributed by atoms with Gasteiger partial charge in [-0.1, -0.05) is 24.3 Å². The first kappa shape index (κ1) is 32.7. The molecule has 1 aromatic carbocycles. The van der Waals surface area contributed by atoms with Crippen LogP contribution in [-0.2, 0) is 17.1 Å². The van der Waals surface area contributed by atoms with Gasteiger partial charge in [-0.25, -0.2) is 0 Å². The van der Waals surface area contributed by atoms with Crippen molar-refractivity contribution in [1.82, 2.24) is 0 Å². The van der Waals surface area contributed by atoms with E-state index in [2.05, 4.69) is 0 Å². The SMILES string of the molecule is NC(CO)(C(=O)O)C(O)CCCc1ccc(C(F)(F)C(F)(F)C(F)(F)C(F)(F)C(F)(F)C(F)(F)F)cc1. The number of nitrogens with two attached hydrogens (primary N) is 1. The number of alkyl halides is 13. The van der Waals surface area contributed by atoms with Crippen LogP contribution in [0.4, 0.5) is 57.1 Å². The van der Waals surface area contributed by atoms with Gasteiger partial charge >= 0.3 is 41.8 Å². The smallest absolute Gasteiger partial charge is 0.460 e. The molecule has 0 fully saturated rings. The lowest BCUT2D eigenvalue weighted by Crippen LogP contribution is -2.69. The molecule has 0 aliphatic heterocycles. The minimum absolute atomic E-state index is 0.00596. The minimum Gasteiger partial charge on any atom is -0.480 e. The predicted molar refractivity (Wildman–Crippen MR) is 96.8 cm³/mol. The summed E-state index contributed by atoms with van der Waals surface area (Å²) < 4.78 is 172. The summed E-state index contributed by atoms with van der Waals surface area (Å²) in [5, 5.41) is 27.7. The second-order valence-electron chi connectivity index (χ2n) is 7.98. The summed E-state index contributed by atoms with van der Waals surface area (Å²) in [6.07, 6.45) is -10.1. The van der Waals surface area contributed by atoms with Crippen molar-refractivity contribution in [1.29, 1.82) is 0 Å². The average Bonchev–Trinajstić information content (AvgIpc) is 2.77. The standard InChI is InChI=1S/C19H18F13NO4/c20-14(21,15(22,23)16(24,25)17(26,27)18(28,29)19(30,31)32)10-6-4-9(5-7-10)2-1-3-11(35)13(33,8-34)12(36)37/h4-7,11,34-35H,1-3,8,33H2,(H,36,37). The average molecular weight is 571 g/mol. The maximum absolute atomic E-state index is 14.2. The molecule has 5 N–H and O–H groups in total. The molecule has 0 bridgehead atoms. The van der Waals surface area contributed by atoms with Crippen molar-refractivity contribution in [3.05, 3.63) is 35.4 Å². The van der Waals surface area contributed by atoms with Gasteiger partial charge in [0, 0.05) is 5.56 Å². The molecule has 0 heterocycles. The summed E-state index contributed by atoms with van der Waals surface area (Å²) in [5.41, 5.74) is 0.648. The van der Waals surface area contributed by atoms with Crippen LogP contribution in [0, 0.1) is 0 Å². The maximum Gasteiger partial charge on any atom is 0.460 e. The van der Waals surface area contributed by atoms with Crippen LogP contribution >= 0.6 is 0 Å². The quantitative estimate of drug-likeness (QED) is 0.280. The van der Waals surface area contributed by atoms with E-state index < -0.39 is 72.0 Å². The summed E-state index contributed by atoms with van der Waals surface area (Å²) in [6, 6.07) is 1.11. The Bertz CT molecular complexity index is 950. The van der Waals surface area contributed by atoms with Gasteiger partial charge in [0.05, 0.1) is 12.7 Å². The monoisotopic (exact) mass is 571 g/mol. The molecule has 2 unspecified atom stereocenters. The first-order valence-corrected chi connectivity index (χ1v) is 9.72. The van der Waals surface area contributed by atoms with Crippen LogP contribution in [0.5, 0.6) is 0 Å². The molecular weight excluding hydrogens is 553 g/mol. The summed E-state index contributed by atoms with van der Waals surface area (Å²) in [6.45, 7) is -1.18. The summed E-state index contributed by atoms with van der Waals surface area (Å²) in [4.78, 5) is 11.0. The zero-order chi connectivity index (χ0) is 29.5. The second kappa shape index (κ2) is 10.1. The van der Waals surface area contributed by atoms with Gasteiger partial charge in [0.1, 0.15) is 0 Å². The molecule has 0 radical (unpaired) electrons. The largest absolute Gasteiger partial charge is 0.480 e. The van der Waals surface area contributed by atoms with E-state index in [1.54, 1.807) is 0 Å². The molecule has 0 saturated heterocycles. The highest BCUT2D eigenvalue weighted by Crippen LogP contribution is 2.62. The fourth-order valence-electron chi connectivity index (χ4n) is 2.90. The van der Waals surface area contributed by atoms with Gasteiger partial charge < -0.3 is 21.1 Å². The van der Waals surface area contributed by atoms with Crippen LogP contribution in [0.3, 0.4) is 0 Å². The molecule has 0 amide bonds. The summed E-state index contributed by atoms with van der Waals surface area (Å²) in [5.74, 6) is -39.3. The zero-order valence-electron chi connectivity index (χ0n) is 18.0. The van der Waals surface area contributed by atoms with E-state index in [9.17, 15) is 67.0 Å².